The molecule has 4 nitrogen and oxygen atoms in total. The molecule has 7 heteroatoms. The molecule has 1 heterocycles. The Labute approximate surface area is 179 Å². The Morgan fingerprint density at radius 1 is 1.11 bits per heavy atom. The Morgan fingerprint density at radius 2 is 1.82 bits per heavy atom. The van der Waals surface area contributed by atoms with Crippen molar-refractivity contribution in [3.8, 4) is 0 Å². The van der Waals surface area contributed by atoms with E-state index in [4.69, 9.17) is 34.8 Å². The maximum atomic E-state index is 12.2. The molecule has 1 N–H and O–H groups in total. The third-order valence-corrected chi connectivity index (χ3v) is 5.95. The largest absolute Gasteiger partial charge is 0.365 e. The number of hydrogen-bond acceptors (Lipinski definition) is 3. The van der Waals surface area contributed by atoms with Crippen LogP contribution in [0.4, 0.5) is 5.69 Å². The van der Waals surface area contributed by atoms with Crippen LogP contribution in [-0.2, 0) is 0 Å². The van der Waals surface area contributed by atoms with Crippen LogP contribution in [0.2, 0.25) is 15.1 Å². The predicted octanol–water partition coefficient (Wildman–Crippen LogP) is 6.04. The van der Waals surface area contributed by atoms with Gasteiger partial charge in [-0.15, -0.1) is 0 Å². The summed E-state index contributed by atoms with van der Waals surface area (Å²) in [6.07, 6.45) is 3.75. The van der Waals surface area contributed by atoms with E-state index in [1.54, 1.807) is 12.1 Å². The fraction of sp³-hybridized carbons (Fsp3) is 0.238. The number of rotatable bonds is 3. The van der Waals surface area contributed by atoms with Crippen molar-refractivity contribution in [3.05, 3.63) is 68.2 Å². The van der Waals surface area contributed by atoms with Gasteiger partial charge in [-0.05, 0) is 56.7 Å². The number of halogens is 3. The number of hydrogen-bond donors (Lipinski definition) is 1. The number of anilines is 1. The first-order valence-electron chi connectivity index (χ1n) is 8.66. The van der Waals surface area contributed by atoms with Crippen LogP contribution in [0.1, 0.15) is 42.3 Å². The van der Waals surface area contributed by atoms with Gasteiger partial charge in [-0.25, -0.2) is 5.43 Å². The van der Waals surface area contributed by atoms with Crippen molar-refractivity contribution in [1.82, 2.24) is 5.43 Å². The van der Waals surface area contributed by atoms with Crippen LogP contribution in [0.25, 0.3) is 5.57 Å². The van der Waals surface area contributed by atoms with Crippen molar-refractivity contribution >= 4 is 58.2 Å². The Morgan fingerprint density at radius 3 is 2.50 bits per heavy atom. The zero-order chi connectivity index (χ0) is 20.6. The van der Waals surface area contributed by atoms with Crippen LogP contribution in [0, 0.1) is 0 Å². The Hall–Kier alpha value is -2.01. The van der Waals surface area contributed by atoms with Crippen molar-refractivity contribution in [1.29, 1.82) is 0 Å². The third-order valence-electron chi connectivity index (χ3n) is 4.89. The van der Waals surface area contributed by atoms with Gasteiger partial charge in [-0.3, -0.25) is 4.79 Å². The molecule has 0 aliphatic carbocycles. The SMILES string of the molecule is CC1=CC(C)(C)N(C)c2cc(Cl)c(/C=N\NC(=O)c3ccc(Cl)c(Cl)c3)cc21. The molecule has 0 spiro atoms. The molecule has 1 aliphatic rings. The first-order valence-corrected chi connectivity index (χ1v) is 9.79. The van der Waals surface area contributed by atoms with E-state index >= 15 is 0 Å². The zero-order valence-corrected chi connectivity index (χ0v) is 18.2. The fourth-order valence-electron chi connectivity index (χ4n) is 3.15. The molecule has 3 rings (SSSR count). The maximum Gasteiger partial charge on any atom is 0.271 e. The van der Waals surface area contributed by atoms with Gasteiger partial charge < -0.3 is 4.90 Å². The molecule has 0 unspecified atom stereocenters. The average Bonchev–Trinajstić information content (AvgIpc) is 2.62. The lowest BCUT2D eigenvalue weighted by atomic mass is 9.88. The Bertz CT molecular complexity index is 1010. The van der Waals surface area contributed by atoms with E-state index in [1.165, 1.54) is 17.9 Å². The number of amides is 1. The third kappa shape index (κ3) is 4.04. The fourth-order valence-corrected chi connectivity index (χ4v) is 3.65. The molecule has 1 amide bonds. The summed E-state index contributed by atoms with van der Waals surface area (Å²) in [5.74, 6) is -0.388. The summed E-state index contributed by atoms with van der Waals surface area (Å²) in [7, 11) is 2.04. The molecule has 146 valence electrons. The van der Waals surface area contributed by atoms with Crippen LogP contribution >= 0.6 is 34.8 Å². The minimum absolute atomic E-state index is 0.0934. The quantitative estimate of drug-likeness (QED) is 0.471. The van der Waals surface area contributed by atoms with E-state index < -0.39 is 0 Å². The molecule has 0 bridgehead atoms. The maximum absolute atomic E-state index is 12.2. The molecule has 0 radical (unpaired) electrons. The molecule has 0 saturated carbocycles. The van der Waals surface area contributed by atoms with E-state index in [0.717, 1.165) is 16.8 Å². The van der Waals surface area contributed by atoms with E-state index in [1.807, 2.05) is 19.2 Å². The van der Waals surface area contributed by atoms with E-state index in [0.29, 0.717) is 20.6 Å². The van der Waals surface area contributed by atoms with Gasteiger partial charge in [0.05, 0.1) is 26.8 Å². The van der Waals surface area contributed by atoms with Crippen LogP contribution in [0.15, 0.2) is 41.5 Å². The number of carbonyl (C=O) groups excluding carboxylic acids is 1. The first-order chi connectivity index (χ1) is 13.1. The van der Waals surface area contributed by atoms with Gasteiger partial charge in [-0.2, -0.15) is 5.10 Å². The molecular formula is C21H20Cl3N3O. The van der Waals surface area contributed by atoms with Gasteiger partial charge in [0.1, 0.15) is 0 Å². The molecule has 2 aromatic rings. The number of likely N-dealkylation sites (N-methyl/N-ethyl adjacent to an activating group) is 1. The summed E-state index contributed by atoms with van der Waals surface area (Å²) in [5, 5.41) is 5.29. The van der Waals surface area contributed by atoms with Crippen molar-refractivity contribution in [2.45, 2.75) is 26.3 Å². The lowest BCUT2D eigenvalue weighted by molar-refractivity contribution is 0.0955. The Kier molecular flexibility index (Phi) is 5.76. The van der Waals surface area contributed by atoms with Gasteiger partial charge in [0.2, 0.25) is 0 Å². The lowest BCUT2D eigenvalue weighted by Gasteiger charge is -2.40. The van der Waals surface area contributed by atoms with E-state index in [-0.39, 0.29) is 11.4 Å². The second kappa shape index (κ2) is 7.78. The second-order valence-corrected chi connectivity index (χ2v) is 8.48. The zero-order valence-electron chi connectivity index (χ0n) is 16.0. The van der Waals surface area contributed by atoms with Gasteiger partial charge >= 0.3 is 0 Å². The highest BCUT2D eigenvalue weighted by molar-refractivity contribution is 6.42. The van der Waals surface area contributed by atoms with Gasteiger partial charge in [0, 0.05) is 29.4 Å². The number of nitrogens with zero attached hydrogens (tertiary/aromatic N) is 2. The summed E-state index contributed by atoms with van der Waals surface area (Å²) in [6, 6.07) is 8.54. The topological polar surface area (TPSA) is 44.7 Å². The molecule has 0 saturated heterocycles. The van der Waals surface area contributed by atoms with E-state index in [2.05, 4.69) is 42.3 Å². The summed E-state index contributed by atoms with van der Waals surface area (Å²) in [6.45, 7) is 6.39. The van der Waals surface area contributed by atoms with Crippen LogP contribution < -0.4 is 10.3 Å². The molecular weight excluding hydrogens is 417 g/mol. The average molecular weight is 437 g/mol. The highest BCUT2D eigenvalue weighted by Crippen LogP contribution is 2.40. The number of benzene rings is 2. The van der Waals surface area contributed by atoms with Crippen LogP contribution in [-0.4, -0.2) is 24.7 Å². The van der Waals surface area contributed by atoms with Crippen molar-refractivity contribution in [3.63, 3.8) is 0 Å². The first kappa shape index (κ1) is 20.7. The summed E-state index contributed by atoms with van der Waals surface area (Å²) < 4.78 is 0. The highest BCUT2D eigenvalue weighted by atomic mass is 35.5. The minimum Gasteiger partial charge on any atom is -0.365 e. The van der Waals surface area contributed by atoms with Crippen LogP contribution in [0.3, 0.4) is 0 Å². The van der Waals surface area contributed by atoms with Gasteiger partial charge in [-0.1, -0.05) is 40.9 Å². The van der Waals surface area contributed by atoms with Crippen molar-refractivity contribution in [2.24, 2.45) is 5.10 Å². The second-order valence-electron chi connectivity index (χ2n) is 7.26. The minimum atomic E-state index is -0.388. The lowest BCUT2D eigenvalue weighted by Crippen LogP contribution is -2.42. The Balaban J connectivity index is 1.82. The number of allylic oxidation sites excluding steroid dienone is 1. The highest BCUT2D eigenvalue weighted by Gasteiger charge is 2.29. The smallest absolute Gasteiger partial charge is 0.271 e. The monoisotopic (exact) mass is 435 g/mol. The van der Waals surface area contributed by atoms with Gasteiger partial charge in [0.15, 0.2) is 0 Å². The standard InChI is InChI=1S/C21H20Cl3N3O/c1-12-10-21(2,3)27(4)19-9-17(23)14(7-15(12)19)11-25-26-20(28)13-5-6-16(22)18(24)8-13/h5-11H,1-4H3,(H,26,28)/b25-11-. The molecule has 1 aliphatic heterocycles. The normalized spacial score (nSPS) is 15.4. The van der Waals surface area contributed by atoms with Gasteiger partial charge in [0.25, 0.3) is 5.91 Å². The molecule has 0 atom stereocenters. The number of carbonyl (C=O) groups is 1. The predicted molar refractivity (Wildman–Crippen MR) is 119 cm³/mol. The molecule has 0 aromatic heterocycles. The van der Waals surface area contributed by atoms with E-state index in [9.17, 15) is 4.79 Å². The molecule has 28 heavy (non-hydrogen) atoms. The number of nitrogens with one attached hydrogen (secondary N) is 1. The summed E-state index contributed by atoms with van der Waals surface area (Å²) >= 11 is 18.3. The summed E-state index contributed by atoms with van der Waals surface area (Å²) in [4.78, 5) is 14.4. The number of hydrazone groups is 1. The van der Waals surface area contributed by atoms with Crippen molar-refractivity contribution < 1.29 is 4.79 Å². The van der Waals surface area contributed by atoms with Crippen molar-refractivity contribution in [2.75, 3.05) is 11.9 Å². The summed E-state index contributed by atoms with van der Waals surface area (Å²) in [5.41, 5.74) is 6.79. The molecule has 2 aromatic carbocycles. The van der Waals surface area contributed by atoms with Crippen LogP contribution in [0.5, 0.6) is 0 Å². The number of fused-ring (bicyclic) bond motifs is 1. The molecule has 0 fully saturated rings.